The van der Waals surface area contributed by atoms with Gasteiger partial charge < -0.3 is 5.32 Å². The van der Waals surface area contributed by atoms with E-state index in [1.165, 1.54) is 19.5 Å². The van der Waals surface area contributed by atoms with E-state index in [0.717, 1.165) is 35.7 Å². The molecule has 1 fully saturated rings. The molecule has 0 aliphatic carbocycles. The normalized spacial score (nSPS) is 20.6. The fourth-order valence-electron chi connectivity index (χ4n) is 2.58. The monoisotopic (exact) mass is 248 g/mol. The third-order valence-corrected chi connectivity index (χ3v) is 3.77. The van der Waals surface area contributed by atoms with Gasteiger partial charge in [0.25, 0.3) is 0 Å². The minimum absolute atomic E-state index is 0.779. The molecule has 0 radical (unpaired) electrons. The van der Waals surface area contributed by atoms with Crippen LogP contribution in [-0.4, -0.2) is 35.0 Å². The maximum absolute atomic E-state index is 4.52. The van der Waals surface area contributed by atoms with Crippen LogP contribution in [0.15, 0.2) is 6.07 Å². The second kappa shape index (κ2) is 5.65. The first-order valence-electron chi connectivity index (χ1n) is 6.83. The van der Waals surface area contributed by atoms with Crippen molar-refractivity contribution < 1.29 is 0 Å². The number of anilines is 1. The van der Waals surface area contributed by atoms with Crippen LogP contribution in [0, 0.1) is 18.8 Å². The Kier molecular flexibility index (Phi) is 4.17. The summed E-state index contributed by atoms with van der Waals surface area (Å²) < 4.78 is 0. The minimum atomic E-state index is 0.779. The first-order chi connectivity index (χ1) is 8.58. The van der Waals surface area contributed by atoms with Crippen molar-refractivity contribution in [1.82, 2.24) is 14.9 Å². The van der Waals surface area contributed by atoms with E-state index in [0.29, 0.717) is 0 Å². The van der Waals surface area contributed by atoms with E-state index in [1.54, 1.807) is 0 Å². The number of likely N-dealkylation sites (tertiary alicyclic amines) is 1. The topological polar surface area (TPSA) is 41.1 Å². The van der Waals surface area contributed by atoms with Gasteiger partial charge in [-0.1, -0.05) is 13.8 Å². The summed E-state index contributed by atoms with van der Waals surface area (Å²) in [6.45, 7) is 9.89. The van der Waals surface area contributed by atoms with Crippen LogP contribution in [0.4, 0.5) is 5.82 Å². The Balaban J connectivity index is 2.00. The van der Waals surface area contributed by atoms with Gasteiger partial charge in [0.1, 0.15) is 11.6 Å². The molecule has 1 atom stereocenters. The SMILES string of the molecule is CNc1cc(C)nc(CN2CCC(C(C)C)C2)n1. The molecule has 18 heavy (non-hydrogen) atoms. The zero-order valence-electron chi connectivity index (χ0n) is 11.9. The molecular formula is C14H24N4. The number of aromatic nitrogens is 2. The van der Waals surface area contributed by atoms with E-state index in [2.05, 4.69) is 34.0 Å². The Bertz CT molecular complexity index is 403. The van der Waals surface area contributed by atoms with Gasteiger partial charge in [-0.3, -0.25) is 4.90 Å². The average molecular weight is 248 g/mol. The Hall–Kier alpha value is -1.16. The van der Waals surface area contributed by atoms with Crippen LogP contribution in [0.1, 0.15) is 31.8 Å². The first-order valence-corrected chi connectivity index (χ1v) is 6.83. The fourth-order valence-corrected chi connectivity index (χ4v) is 2.58. The summed E-state index contributed by atoms with van der Waals surface area (Å²) in [7, 11) is 1.90. The van der Waals surface area contributed by atoms with Crippen molar-refractivity contribution >= 4 is 5.82 Å². The summed E-state index contributed by atoms with van der Waals surface area (Å²) in [5.41, 5.74) is 1.03. The number of hydrogen-bond acceptors (Lipinski definition) is 4. The number of rotatable bonds is 4. The second-order valence-corrected chi connectivity index (χ2v) is 5.59. The molecule has 4 heteroatoms. The van der Waals surface area contributed by atoms with Crippen LogP contribution in [-0.2, 0) is 6.54 Å². The molecule has 2 heterocycles. The molecule has 0 aromatic carbocycles. The molecule has 1 aliphatic rings. The molecule has 1 N–H and O–H groups in total. The zero-order chi connectivity index (χ0) is 13.1. The highest BCUT2D eigenvalue weighted by molar-refractivity contribution is 5.34. The lowest BCUT2D eigenvalue weighted by Crippen LogP contribution is -2.23. The van der Waals surface area contributed by atoms with Gasteiger partial charge in [-0.25, -0.2) is 9.97 Å². The number of hydrogen-bond donors (Lipinski definition) is 1. The minimum Gasteiger partial charge on any atom is -0.373 e. The predicted octanol–water partition coefficient (Wildman–Crippen LogP) is 2.30. The predicted molar refractivity (Wildman–Crippen MR) is 74.5 cm³/mol. The molecular weight excluding hydrogens is 224 g/mol. The highest BCUT2D eigenvalue weighted by atomic mass is 15.2. The molecule has 4 nitrogen and oxygen atoms in total. The van der Waals surface area contributed by atoms with Crippen molar-refractivity contribution in [3.63, 3.8) is 0 Å². The van der Waals surface area contributed by atoms with Gasteiger partial charge in [-0.05, 0) is 31.7 Å². The van der Waals surface area contributed by atoms with Crippen LogP contribution < -0.4 is 5.32 Å². The quantitative estimate of drug-likeness (QED) is 0.887. The van der Waals surface area contributed by atoms with Crippen molar-refractivity contribution in [2.24, 2.45) is 11.8 Å². The molecule has 0 amide bonds. The standard InChI is InChI=1S/C14H24N4/c1-10(2)12-5-6-18(8-12)9-14-16-11(3)7-13(15-4)17-14/h7,10,12H,5-6,8-9H2,1-4H3,(H,15,16,17). The Morgan fingerprint density at radius 1 is 1.44 bits per heavy atom. The summed E-state index contributed by atoms with van der Waals surface area (Å²) in [6.07, 6.45) is 1.31. The summed E-state index contributed by atoms with van der Waals surface area (Å²) in [4.78, 5) is 11.5. The van der Waals surface area contributed by atoms with Crippen molar-refractivity contribution in [3.05, 3.63) is 17.6 Å². The Morgan fingerprint density at radius 3 is 2.83 bits per heavy atom. The summed E-state index contributed by atoms with van der Waals surface area (Å²) in [5, 5.41) is 3.09. The van der Waals surface area contributed by atoms with Crippen molar-refractivity contribution in [3.8, 4) is 0 Å². The molecule has 100 valence electrons. The molecule has 0 saturated carbocycles. The highest BCUT2D eigenvalue weighted by Crippen LogP contribution is 2.24. The van der Waals surface area contributed by atoms with Gasteiger partial charge in [0, 0.05) is 25.4 Å². The lowest BCUT2D eigenvalue weighted by atomic mass is 9.95. The van der Waals surface area contributed by atoms with Gasteiger partial charge in [0.2, 0.25) is 0 Å². The van der Waals surface area contributed by atoms with Crippen LogP contribution in [0.2, 0.25) is 0 Å². The van der Waals surface area contributed by atoms with E-state index in [-0.39, 0.29) is 0 Å². The molecule has 1 aromatic heterocycles. The Morgan fingerprint density at radius 2 is 2.22 bits per heavy atom. The summed E-state index contributed by atoms with van der Waals surface area (Å²) in [6, 6.07) is 1.98. The van der Waals surface area contributed by atoms with E-state index in [1.807, 2.05) is 20.0 Å². The maximum atomic E-state index is 4.52. The van der Waals surface area contributed by atoms with E-state index >= 15 is 0 Å². The zero-order valence-corrected chi connectivity index (χ0v) is 11.9. The molecule has 0 spiro atoms. The number of nitrogens with one attached hydrogen (secondary N) is 1. The Labute approximate surface area is 110 Å². The van der Waals surface area contributed by atoms with Crippen LogP contribution in [0.3, 0.4) is 0 Å². The molecule has 2 rings (SSSR count). The summed E-state index contributed by atoms with van der Waals surface area (Å²) in [5.74, 6) is 3.46. The van der Waals surface area contributed by atoms with Gasteiger partial charge in [0.15, 0.2) is 0 Å². The largest absolute Gasteiger partial charge is 0.373 e. The maximum Gasteiger partial charge on any atom is 0.144 e. The molecule has 1 unspecified atom stereocenters. The van der Waals surface area contributed by atoms with Gasteiger partial charge >= 0.3 is 0 Å². The van der Waals surface area contributed by atoms with E-state index in [4.69, 9.17) is 0 Å². The molecule has 1 aromatic rings. The van der Waals surface area contributed by atoms with Gasteiger partial charge in [-0.15, -0.1) is 0 Å². The molecule has 0 bridgehead atoms. The van der Waals surface area contributed by atoms with E-state index < -0.39 is 0 Å². The molecule has 1 aliphatic heterocycles. The average Bonchev–Trinajstić information content (AvgIpc) is 2.76. The van der Waals surface area contributed by atoms with Gasteiger partial charge in [-0.2, -0.15) is 0 Å². The smallest absolute Gasteiger partial charge is 0.144 e. The van der Waals surface area contributed by atoms with Crippen LogP contribution in [0.25, 0.3) is 0 Å². The van der Waals surface area contributed by atoms with Crippen molar-refractivity contribution in [1.29, 1.82) is 0 Å². The van der Waals surface area contributed by atoms with Crippen molar-refractivity contribution in [2.45, 2.75) is 33.7 Å². The van der Waals surface area contributed by atoms with Crippen LogP contribution >= 0.6 is 0 Å². The third-order valence-electron chi connectivity index (χ3n) is 3.77. The first kappa shape index (κ1) is 13.3. The lowest BCUT2D eigenvalue weighted by molar-refractivity contribution is 0.290. The highest BCUT2D eigenvalue weighted by Gasteiger charge is 2.25. The number of aryl methyl sites for hydroxylation is 1. The van der Waals surface area contributed by atoms with Crippen molar-refractivity contribution in [2.75, 3.05) is 25.5 Å². The molecule has 1 saturated heterocycles. The third kappa shape index (κ3) is 3.19. The van der Waals surface area contributed by atoms with Crippen LogP contribution in [0.5, 0.6) is 0 Å². The lowest BCUT2D eigenvalue weighted by Gasteiger charge is -2.17. The van der Waals surface area contributed by atoms with E-state index in [9.17, 15) is 0 Å². The van der Waals surface area contributed by atoms with Gasteiger partial charge in [0.05, 0.1) is 6.54 Å². The number of nitrogens with zero attached hydrogens (tertiary/aromatic N) is 3. The second-order valence-electron chi connectivity index (χ2n) is 5.59. The summed E-state index contributed by atoms with van der Waals surface area (Å²) >= 11 is 0. The fraction of sp³-hybridized carbons (Fsp3) is 0.714.